The van der Waals surface area contributed by atoms with Crippen molar-refractivity contribution in [1.29, 1.82) is 5.26 Å². The zero-order valence-corrected chi connectivity index (χ0v) is 16.9. The van der Waals surface area contributed by atoms with Crippen molar-refractivity contribution in [3.05, 3.63) is 76.5 Å². The minimum absolute atomic E-state index is 0.00820. The van der Waals surface area contributed by atoms with Gasteiger partial charge >= 0.3 is 12.2 Å². The smallest absolute Gasteiger partial charge is 0.326 e. The van der Waals surface area contributed by atoms with Crippen LogP contribution in [0.2, 0.25) is 0 Å². The SMILES string of the molecule is CCN1CC2=C(C(=O)N1)[C@@H](c1ccc(C#N)cc1)NC(=O)N2c1cccc(C(F)(F)F)c1. The fraction of sp³-hybridized carbons (Fsp3) is 0.227. The van der Waals surface area contributed by atoms with Crippen molar-refractivity contribution in [2.24, 2.45) is 0 Å². The number of halogens is 3. The highest BCUT2D eigenvalue weighted by atomic mass is 19.4. The molecule has 0 aromatic heterocycles. The first-order valence-corrected chi connectivity index (χ1v) is 9.80. The highest BCUT2D eigenvalue weighted by molar-refractivity contribution is 6.05. The molecular formula is C22H18F3N5O2. The van der Waals surface area contributed by atoms with Crippen LogP contribution in [0.3, 0.4) is 0 Å². The average Bonchev–Trinajstić information content (AvgIpc) is 2.77. The van der Waals surface area contributed by atoms with E-state index in [1.807, 2.05) is 6.07 Å². The Hall–Kier alpha value is -3.84. The minimum atomic E-state index is -4.58. The van der Waals surface area contributed by atoms with Gasteiger partial charge in [0.05, 0.1) is 46.7 Å². The molecule has 2 aromatic carbocycles. The van der Waals surface area contributed by atoms with Crippen molar-refractivity contribution >= 4 is 17.6 Å². The molecule has 0 bridgehead atoms. The molecule has 0 spiro atoms. The molecular weight excluding hydrogens is 423 g/mol. The number of hydrogen-bond acceptors (Lipinski definition) is 4. The Kier molecular flexibility index (Phi) is 5.36. The molecule has 32 heavy (non-hydrogen) atoms. The highest BCUT2D eigenvalue weighted by Crippen LogP contribution is 2.38. The summed E-state index contributed by atoms with van der Waals surface area (Å²) in [4.78, 5) is 27.2. The summed E-state index contributed by atoms with van der Waals surface area (Å²) in [5.74, 6) is -0.459. The lowest BCUT2D eigenvalue weighted by atomic mass is 9.92. The van der Waals surface area contributed by atoms with Gasteiger partial charge in [-0.25, -0.2) is 9.80 Å². The van der Waals surface area contributed by atoms with Crippen molar-refractivity contribution in [2.75, 3.05) is 18.0 Å². The van der Waals surface area contributed by atoms with Gasteiger partial charge in [-0.05, 0) is 35.9 Å². The summed E-state index contributed by atoms with van der Waals surface area (Å²) < 4.78 is 39.8. The van der Waals surface area contributed by atoms with Gasteiger partial charge in [0.15, 0.2) is 0 Å². The molecule has 0 radical (unpaired) electrons. The molecule has 0 saturated carbocycles. The van der Waals surface area contributed by atoms with E-state index in [0.717, 1.165) is 17.0 Å². The molecule has 0 unspecified atom stereocenters. The fourth-order valence-corrected chi connectivity index (χ4v) is 3.80. The van der Waals surface area contributed by atoms with E-state index in [-0.39, 0.29) is 17.8 Å². The van der Waals surface area contributed by atoms with E-state index in [9.17, 15) is 22.8 Å². The third-order valence-corrected chi connectivity index (χ3v) is 5.37. The molecule has 2 aromatic rings. The van der Waals surface area contributed by atoms with Crippen LogP contribution in [0.4, 0.5) is 23.7 Å². The second-order valence-corrected chi connectivity index (χ2v) is 7.32. The summed E-state index contributed by atoms with van der Waals surface area (Å²) in [6, 6.07) is 11.4. The molecule has 164 valence electrons. The first kappa shape index (κ1) is 21.4. The van der Waals surface area contributed by atoms with Crippen LogP contribution in [0.25, 0.3) is 0 Å². The van der Waals surface area contributed by atoms with Crippen molar-refractivity contribution in [1.82, 2.24) is 15.8 Å². The summed E-state index contributed by atoms with van der Waals surface area (Å²) in [5, 5.41) is 13.3. The zero-order valence-electron chi connectivity index (χ0n) is 16.9. The number of benzene rings is 2. The van der Waals surface area contributed by atoms with Gasteiger partial charge in [0, 0.05) is 6.54 Å². The first-order chi connectivity index (χ1) is 15.2. The molecule has 2 N–H and O–H groups in total. The van der Waals surface area contributed by atoms with Crippen LogP contribution in [0.1, 0.15) is 29.7 Å². The number of anilines is 1. The lowest BCUT2D eigenvalue weighted by molar-refractivity contribution is -0.137. The maximum absolute atomic E-state index is 13.3. The van der Waals surface area contributed by atoms with Crippen LogP contribution in [-0.2, 0) is 11.0 Å². The molecule has 0 fully saturated rings. The van der Waals surface area contributed by atoms with Crippen molar-refractivity contribution in [3.8, 4) is 6.07 Å². The second-order valence-electron chi connectivity index (χ2n) is 7.32. The number of nitrogens with zero attached hydrogens (tertiary/aromatic N) is 3. The van der Waals surface area contributed by atoms with Gasteiger partial charge in [0.25, 0.3) is 5.91 Å². The summed E-state index contributed by atoms with van der Waals surface area (Å²) in [6.45, 7) is 2.37. The Labute approximate surface area is 181 Å². The first-order valence-electron chi connectivity index (χ1n) is 9.80. The van der Waals surface area contributed by atoms with Crippen LogP contribution < -0.4 is 15.6 Å². The quantitative estimate of drug-likeness (QED) is 0.764. The standard InChI is InChI=1S/C22H18F3N5O2/c1-2-29-12-17-18(20(31)28-29)19(14-8-6-13(11-26)7-9-14)27-21(32)30(17)16-5-3-4-15(10-16)22(23,24)25/h3-10,19H,2,12H2,1H3,(H,27,32)(H,28,31)/t19-/m1/s1. The number of nitrogens with one attached hydrogen (secondary N) is 2. The van der Waals surface area contributed by atoms with Crippen LogP contribution >= 0.6 is 0 Å². The lowest BCUT2D eigenvalue weighted by Gasteiger charge is -2.42. The predicted octanol–water partition coefficient (Wildman–Crippen LogP) is 3.47. The highest BCUT2D eigenvalue weighted by Gasteiger charge is 2.42. The van der Waals surface area contributed by atoms with E-state index >= 15 is 0 Å². The number of carbonyl (C=O) groups is 2. The van der Waals surface area contributed by atoms with Gasteiger partial charge in [-0.1, -0.05) is 25.1 Å². The van der Waals surface area contributed by atoms with Gasteiger partial charge in [-0.3, -0.25) is 15.1 Å². The summed E-state index contributed by atoms with van der Waals surface area (Å²) in [6.07, 6.45) is -4.58. The largest absolute Gasteiger partial charge is 0.416 e. The molecule has 1 atom stereocenters. The van der Waals surface area contributed by atoms with Gasteiger partial charge in [0.2, 0.25) is 0 Å². The van der Waals surface area contributed by atoms with Gasteiger partial charge < -0.3 is 5.32 Å². The van der Waals surface area contributed by atoms with Crippen LogP contribution in [0.15, 0.2) is 59.8 Å². The Bertz CT molecular complexity index is 1150. The molecule has 4 rings (SSSR count). The number of hydrogen-bond donors (Lipinski definition) is 2. The predicted molar refractivity (Wildman–Crippen MR) is 109 cm³/mol. The molecule has 0 saturated heterocycles. The zero-order chi connectivity index (χ0) is 23.0. The second kappa shape index (κ2) is 8.01. The molecule has 7 nitrogen and oxygen atoms in total. The summed E-state index contributed by atoms with van der Waals surface area (Å²) in [7, 11) is 0. The van der Waals surface area contributed by atoms with Gasteiger partial charge in [-0.15, -0.1) is 0 Å². The Balaban J connectivity index is 1.86. The van der Waals surface area contributed by atoms with Crippen molar-refractivity contribution in [2.45, 2.75) is 19.1 Å². The molecule has 2 aliphatic rings. The Morgan fingerprint density at radius 3 is 2.50 bits per heavy atom. The van der Waals surface area contributed by atoms with E-state index in [2.05, 4.69) is 10.7 Å². The van der Waals surface area contributed by atoms with E-state index in [1.54, 1.807) is 36.2 Å². The summed E-state index contributed by atoms with van der Waals surface area (Å²) >= 11 is 0. The number of likely N-dealkylation sites (N-methyl/N-ethyl adjacent to an activating group) is 1. The van der Waals surface area contributed by atoms with Crippen LogP contribution in [0, 0.1) is 11.3 Å². The monoisotopic (exact) mass is 441 g/mol. The van der Waals surface area contributed by atoms with E-state index in [0.29, 0.717) is 23.4 Å². The van der Waals surface area contributed by atoms with Crippen LogP contribution in [0.5, 0.6) is 0 Å². The number of carbonyl (C=O) groups excluding carboxylic acids is 2. The third-order valence-electron chi connectivity index (χ3n) is 5.37. The Morgan fingerprint density at radius 1 is 1.16 bits per heavy atom. The molecule has 10 heteroatoms. The normalized spacial score (nSPS) is 19.2. The topological polar surface area (TPSA) is 88.5 Å². The van der Waals surface area contributed by atoms with Crippen molar-refractivity contribution in [3.63, 3.8) is 0 Å². The van der Waals surface area contributed by atoms with E-state index in [1.165, 1.54) is 12.1 Å². The maximum atomic E-state index is 13.3. The third kappa shape index (κ3) is 3.78. The van der Waals surface area contributed by atoms with Crippen LogP contribution in [-0.4, -0.2) is 30.0 Å². The number of urea groups is 1. The van der Waals surface area contributed by atoms with E-state index < -0.39 is 29.7 Å². The number of amides is 3. The van der Waals surface area contributed by atoms with E-state index in [4.69, 9.17) is 5.26 Å². The van der Waals surface area contributed by atoms with Gasteiger partial charge in [0.1, 0.15) is 0 Å². The van der Waals surface area contributed by atoms with Gasteiger partial charge in [-0.2, -0.15) is 18.4 Å². The molecule has 2 heterocycles. The van der Waals surface area contributed by atoms with Crippen molar-refractivity contribution < 1.29 is 22.8 Å². The lowest BCUT2D eigenvalue weighted by Crippen LogP contribution is -2.58. The maximum Gasteiger partial charge on any atom is 0.416 e. The number of alkyl halides is 3. The fourth-order valence-electron chi connectivity index (χ4n) is 3.80. The molecule has 2 aliphatic heterocycles. The Morgan fingerprint density at radius 2 is 1.88 bits per heavy atom. The molecule has 0 aliphatic carbocycles. The number of hydrazine groups is 1. The number of nitriles is 1. The summed E-state index contributed by atoms with van der Waals surface area (Å²) in [5.41, 5.74) is 3.37. The minimum Gasteiger partial charge on any atom is -0.326 e. The average molecular weight is 441 g/mol. The molecule has 3 amide bonds. The number of rotatable bonds is 3.